The van der Waals surface area contributed by atoms with Crippen molar-refractivity contribution in [3.05, 3.63) is 29.8 Å². The number of thioether (sulfide) groups is 1. The van der Waals surface area contributed by atoms with Crippen LogP contribution in [0.15, 0.2) is 24.3 Å². The van der Waals surface area contributed by atoms with Gasteiger partial charge in [-0.2, -0.15) is 17.0 Å². The molecule has 0 aromatic heterocycles. The van der Waals surface area contributed by atoms with Gasteiger partial charge in [0.15, 0.2) is 6.61 Å². The maximum absolute atomic E-state index is 8.44. The van der Waals surface area contributed by atoms with Crippen molar-refractivity contribution >= 4 is 11.8 Å². The first-order chi connectivity index (χ1) is 9.22. The van der Waals surface area contributed by atoms with Gasteiger partial charge < -0.3 is 10.1 Å². The largest absolute Gasteiger partial charge is 0.479 e. The third-order valence-electron chi connectivity index (χ3n) is 3.36. The van der Waals surface area contributed by atoms with Gasteiger partial charge in [0.1, 0.15) is 11.8 Å². The van der Waals surface area contributed by atoms with Gasteiger partial charge in [-0.15, -0.1) is 0 Å². The molecule has 1 unspecified atom stereocenters. The van der Waals surface area contributed by atoms with Crippen molar-refractivity contribution in [3.8, 4) is 11.8 Å². The second-order valence-electron chi connectivity index (χ2n) is 5.10. The zero-order valence-corrected chi connectivity index (χ0v) is 12.1. The van der Waals surface area contributed by atoms with Crippen molar-refractivity contribution in [2.24, 2.45) is 0 Å². The number of hydrogen-bond acceptors (Lipinski definition) is 4. The highest BCUT2D eigenvalue weighted by molar-refractivity contribution is 8.00. The molecule has 0 bridgehead atoms. The number of nitriles is 1. The van der Waals surface area contributed by atoms with Gasteiger partial charge in [-0.3, -0.25) is 0 Å². The highest BCUT2D eigenvalue weighted by Crippen LogP contribution is 2.36. The van der Waals surface area contributed by atoms with Crippen LogP contribution < -0.4 is 10.1 Å². The molecule has 0 aliphatic carbocycles. The van der Waals surface area contributed by atoms with Crippen LogP contribution in [-0.4, -0.2) is 23.7 Å². The summed E-state index contributed by atoms with van der Waals surface area (Å²) in [7, 11) is 0. The van der Waals surface area contributed by atoms with E-state index >= 15 is 0 Å². The molecule has 1 heterocycles. The van der Waals surface area contributed by atoms with Crippen molar-refractivity contribution in [2.75, 3.05) is 18.9 Å². The Bertz CT molecular complexity index is 432. The van der Waals surface area contributed by atoms with Crippen LogP contribution in [0.1, 0.15) is 25.3 Å². The van der Waals surface area contributed by atoms with Gasteiger partial charge in [-0.1, -0.05) is 12.1 Å². The van der Waals surface area contributed by atoms with Crippen molar-refractivity contribution in [3.63, 3.8) is 0 Å². The Morgan fingerprint density at radius 3 is 2.84 bits per heavy atom. The van der Waals surface area contributed by atoms with Crippen molar-refractivity contribution < 1.29 is 4.74 Å². The van der Waals surface area contributed by atoms with Crippen LogP contribution in [0.5, 0.6) is 5.75 Å². The second kappa shape index (κ2) is 6.83. The first-order valence-corrected chi connectivity index (χ1v) is 7.64. The fourth-order valence-corrected chi connectivity index (χ4v) is 3.54. The summed E-state index contributed by atoms with van der Waals surface area (Å²) in [6.45, 7) is 4.39. The lowest BCUT2D eigenvalue weighted by atomic mass is 10.1. The first kappa shape index (κ1) is 14.2. The van der Waals surface area contributed by atoms with Gasteiger partial charge in [-0.05, 0) is 43.2 Å². The van der Waals surface area contributed by atoms with E-state index < -0.39 is 0 Å². The van der Waals surface area contributed by atoms with E-state index in [0.717, 1.165) is 18.8 Å². The summed E-state index contributed by atoms with van der Waals surface area (Å²) >= 11 is 2.08. The molecular weight excluding hydrogens is 256 g/mol. The quantitative estimate of drug-likeness (QED) is 0.867. The molecule has 1 aliphatic heterocycles. The van der Waals surface area contributed by atoms with E-state index in [1.807, 2.05) is 30.3 Å². The average Bonchev–Trinajstić information content (AvgIpc) is 2.85. The molecule has 1 N–H and O–H groups in total. The minimum atomic E-state index is 0.104. The minimum Gasteiger partial charge on any atom is -0.479 e. The highest BCUT2D eigenvalue weighted by Gasteiger charge is 2.28. The molecule has 3 nitrogen and oxygen atoms in total. The fraction of sp³-hybridized carbons (Fsp3) is 0.533. The maximum atomic E-state index is 8.44. The molecular formula is C15H20N2OS. The first-order valence-electron chi connectivity index (χ1n) is 6.65. The van der Waals surface area contributed by atoms with Crippen molar-refractivity contribution in [1.29, 1.82) is 5.26 Å². The summed E-state index contributed by atoms with van der Waals surface area (Å²) in [6, 6.07) is 9.89. The van der Waals surface area contributed by atoms with E-state index in [9.17, 15) is 0 Å². The van der Waals surface area contributed by atoms with Crippen LogP contribution in [0.3, 0.4) is 0 Å². The second-order valence-corrected chi connectivity index (χ2v) is 6.78. The topological polar surface area (TPSA) is 45.0 Å². The molecule has 0 amide bonds. The third-order valence-corrected chi connectivity index (χ3v) is 4.89. The summed E-state index contributed by atoms with van der Waals surface area (Å²) in [4.78, 5) is 0. The maximum Gasteiger partial charge on any atom is 0.174 e. The lowest BCUT2D eigenvalue weighted by Crippen LogP contribution is -2.32. The van der Waals surface area contributed by atoms with E-state index in [-0.39, 0.29) is 6.61 Å². The molecule has 4 heteroatoms. The van der Waals surface area contributed by atoms with Gasteiger partial charge in [0.2, 0.25) is 0 Å². The number of nitrogens with zero attached hydrogens (tertiary/aromatic N) is 1. The van der Waals surface area contributed by atoms with Crippen LogP contribution in [0.25, 0.3) is 0 Å². The monoisotopic (exact) mass is 276 g/mol. The Kier molecular flexibility index (Phi) is 5.12. The Morgan fingerprint density at radius 1 is 1.42 bits per heavy atom. The molecule has 1 fully saturated rings. The summed E-state index contributed by atoms with van der Waals surface area (Å²) in [5.74, 6) is 2.05. The van der Waals surface area contributed by atoms with Crippen LogP contribution in [-0.2, 0) is 6.54 Å². The van der Waals surface area contributed by atoms with E-state index in [0.29, 0.717) is 4.75 Å². The van der Waals surface area contributed by atoms with Crippen LogP contribution in [0.4, 0.5) is 0 Å². The lowest BCUT2D eigenvalue weighted by Gasteiger charge is -2.23. The van der Waals surface area contributed by atoms with Crippen LogP contribution >= 0.6 is 11.8 Å². The predicted molar refractivity (Wildman–Crippen MR) is 79.4 cm³/mol. The summed E-state index contributed by atoms with van der Waals surface area (Å²) in [5, 5.41) is 12.0. The fourth-order valence-electron chi connectivity index (χ4n) is 2.27. The summed E-state index contributed by atoms with van der Waals surface area (Å²) in [5.41, 5.74) is 1.25. The van der Waals surface area contributed by atoms with E-state index in [1.165, 1.54) is 24.2 Å². The van der Waals surface area contributed by atoms with Gasteiger partial charge in [0.05, 0.1) is 0 Å². The average molecular weight is 276 g/mol. The minimum absolute atomic E-state index is 0.104. The zero-order valence-electron chi connectivity index (χ0n) is 11.3. The third kappa shape index (κ3) is 4.45. The standard InChI is InChI=1S/C15H20N2OS/c1-15(7-2-10-19-15)12-17-11-13-3-5-14(6-4-13)18-9-8-16/h3-6,17H,2,7,9-12H2,1H3. The van der Waals surface area contributed by atoms with Gasteiger partial charge in [-0.25, -0.2) is 0 Å². The molecule has 2 rings (SSSR count). The molecule has 0 radical (unpaired) electrons. The van der Waals surface area contributed by atoms with Gasteiger partial charge >= 0.3 is 0 Å². The number of rotatable bonds is 6. The number of hydrogen-bond donors (Lipinski definition) is 1. The Morgan fingerprint density at radius 2 is 2.21 bits per heavy atom. The molecule has 1 aliphatic rings. The van der Waals surface area contributed by atoms with Crippen LogP contribution in [0, 0.1) is 11.3 Å². The Labute approximate surface area is 119 Å². The number of benzene rings is 1. The molecule has 19 heavy (non-hydrogen) atoms. The van der Waals surface area contributed by atoms with Crippen LogP contribution in [0.2, 0.25) is 0 Å². The lowest BCUT2D eigenvalue weighted by molar-refractivity contribution is 0.368. The summed E-state index contributed by atoms with van der Waals surface area (Å²) in [6.07, 6.45) is 2.65. The molecule has 1 saturated heterocycles. The van der Waals surface area contributed by atoms with E-state index in [2.05, 4.69) is 24.0 Å². The number of ether oxygens (including phenoxy) is 1. The Balaban J connectivity index is 1.75. The van der Waals surface area contributed by atoms with Crippen molar-refractivity contribution in [2.45, 2.75) is 31.1 Å². The SMILES string of the molecule is CC1(CNCc2ccc(OCC#N)cc2)CCCS1. The Hall–Kier alpha value is -1.18. The molecule has 102 valence electrons. The zero-order chi connectivity index (χ0) is 13.6. The van der Waals surface area contributed by atoms with E-state index in [1.54, 1.807) is 0 Å². The van der Waals surface area contributed by atoms with E-state index in [4.69, 9.17) is 10.00 Å². The summed E-state index contributed by atoms with van der Waals surface area (Å²) < 4.78 is 5.64. The number of nitrogens with one attached hydrogen (secondary N) is 1. The van der Waals surface area contributed by atoms with Gasteiger partial charge in [0.25, 0.3) is 0 Å². The molecule has 0 spiro atoms. The highest BCUT2D eigenvalue weighted by atomic mass is 32.2. The predicted octanol–water partition coefficient (Wildman–Crippen LogP) is 2.96. The molecule has 1 aromatic rings. The normalized spacial score (nSPS) is 22.1. The molecule has 0 saturated carbocycles. The smallest absolute Gasteiger partial charge is 0.174 e. The molecule has 1 atom stereocenters. The van der Waals surface area contributed by atoms with Gasteiger partial charge in [0, 0.05) is 17.8 Å². The van der Waals surface area contributed by atoms with Crippen molar-refractivity contribution in [1.82, 2.24) is 5.32 Å². The molecule has 1 aromatic carbocycles.